The normalized spacial score (nSPS) is 10.1. The van der Waals surface area contributed by atoms with Gasteiger partial charge in [0.2, 0.25) is 0 Å². The molecule has 0 saturated heterocycles. The fraction of sp³-hybridized carbons (Fsp3) is 0.235. The molecule has 0 aliphatic heterocycles. The van der Waals surface area contributed by atoms with Crippen LogP contribution < -0.4 is 0 Å². The Bertz CT molecular complexity index is 843. The Morgan fingerprint density at radius 2 is 2.00 bits per heavy atom. The van der Waals surface area contributed by atoms with Crippen LogP contribution in [0.15, 0.2) is 36.5 Å². The molecule has 6 heteroatoms. The smallest absolute Gasteiger partial charge is 0.359 e. The summed E-state index contributed by atoms with van der Waals surface area (Å²) in [5.41, 5.74) is 1.39. The van der Waals surface area contributed by atoms with E-state index in [1.807, 2.05) is 26.8 Å². The minimum absolute atomic E-state index is 0.0612. The highest BCUT2D eigenvalue weighted by Crippen LogP contribution is 2.24. The van der Waals surface area contributed by atoms with Crippen molar-refractivity contribution in [2.45, 2.75) is 20.8 Å². The number of halogens is 1. The average molecular weight is 315 g/mol. The van der Waals surface area contributed by atoms with Gasteiger partial charge in [0.25, 0.3) is 0 Å². The van der Waals surface area contributed by atoms with Crippen molar-refractivity contribution >= 4 is 16.9 Å². The van der Waals surface area contributed by atoms with Gasteiger partial charge in [0.15, 0.2) is 11.5 Å². The van der Waals surface area contributed by atoms with Crippen molar-refractivity contribution in [2.24, 2.45) is 0 Å². The molecule has 0 unspecified atom stereocenters. The number of rotatable bonds is 2. The molecule has 0 amide bonds. The van der Waals surface area contributed by atoms with E-state index in [-0.39, 0.29) is 11.1 Å². The Labute approximate surface area is 133 Å². The highest BCUT2D eigenvalue weighted by atomic mass is 19.1. The van der Waals surface area contributed by atoms with Crippen molar-refractivity contribution in [3.63, 3.8) is 0 Å². The molecule has 3 rings (SSSR count). The molecule has 5 nitrogen and oxygen atoms in total. The van der Waals surface area contributed by atoms with Gasteiger partial charge < -0.3 is 4.74 Å². The van der Waals surface area contributed by atoms with Crippen molar-refractivity contribution < 1.29 is 13.9 Å². The second kappa shape index (κ2) is 7.00. The van der Waals surface area contributed by atoms with E-state index in [2.05, 4.69) is 14.8 Å². The van der Waals surface area contributed by atoms with Gasteiger partial charge in [-0.2, -0.15) is 5.10 Å². The lowest BCUT2D eigenvalue weighted by molar-refractivity contribution is 0.0595. The lowest BCUT2D eigenvalue weighted by Crippen LogP contribution is -2.05. The summed E-state index contributed by atoms with van der Waals surface area (Å²) >= 11 is 0. The van der Waals surface area contributed by atoms with Crippen LogP contribution in [0.3, 0.4) is 0 Å². The van der Waals surface area contributed by atoms with Crippen molar-refractivity contribution in [2.75, 3.05) is 7.11 Å². The third-order valence-corrected chi connectivity index (χ3v) is 3.15. The number of carbonyl (C=O) groups is 1. The number of hydrogen-bond donors (Lipinski definition) is 0. The molecule has 0 N–H and O–H groups in total. The van der Waals surface area contributed by atoms with Crippen LogP contribution in [-0.2, 0) is 4.74 Å². The number of carbonyl (C=O) groups excluding carboxylic acids is 1. The van der Waals surface area contributed by atoms with Crippen LogP contribution in [0.5, 0.6) is 0 Å². The highest BCUT2D eigenvalue weighted by Gasteiger charge is 2.21. The van der Waals surface area contributed by atoms with E-state index in [0.29, 0.717) is 11.3 Å². The summed E-state index contributed by atoms with van der Waals surface area (Å²) < 4.78 is 20.2. The summed E-state index contributed by atoms with van der Waals surface area (Å²) in [7, 11) is 1.24. The molecule has 0 bridgehead atoms. The van der Waals surface area contributed by atoms with Gasteiger partial charge in [-0.1, -0.05) is 19.9 Å². The molecule has 0 spiro atoms. The van der Waals surface area contributed by atoms with Gasteiger partial charge in [-0.25, -0.2) is 18.9 Å². The zero-order valence-electron chi connectivity index (χ0n) is 13.5. The maximum atomic E-state index is 14.1. The van der Waals surface area contributed by atoms with E-state index in [4.69, 9.17) is 0 Å². The fourth-order valence-electron chi connectivity index (χ4n) is 2.18. The van der Waals surface area contributed by atoms with Crippen LogP contribution in [0.1, 0.15) is 29.9 Å². The van der Waals surface area contributed by atoms with Crippen molar-refractivity contribution in [1.82, 2.24) is 14.8 Å². The SMILES string of the molecule is CC.COC(=O)c1nn(-c2cc(C)ccn2)c2cccc(F)c12. The zero-order chi connectivity index (χ0) is 17.0. The molecule has 1 aromatic carbocycles. The summed E-state index contributed by atoms with van der Waals surface area (Å²) in [6.45, 7) is 5.92. The summed E-state index contributed by atoms with van der Waals surface area (Å²) in [4.78, 5) is 16.0. The van der Waals surface area contributed by atoms with E-state index in [1.54, 1.807) is 24.4 Å². The number of ether oxygens (including phenoxy) is 1. The van der Waals surface area contributed by atoms with Crippen LogP contribution in [0.4, 0.5) is 4.39 Å². The molecule has 2 aromatic heterocycles. The Balaban J connectivity index is 0.000000924. The Morgan fingerprint density at radius 3 is 2.65 bits per heavy atom. The summed E-state index contributed by atoms with van der Waals surface area (Å²) in [5, 5.41) is 4.30. The van der Waals surface area contributed by atoms with Crippen molar-refractivity contribution in [1.29, 1.82) is 0 Å². The van der Waals surface area contributed by atoms with Gasteiger partial charge in [-0.05, 0) is 36.8 Å². The number of benzene rings is 1. The van der Waals surface area contributed by atoms with Crippen LogP contribution in [0.25, 0.3) is 16.7 Å². The third kappa shape index (κ3) is 3.06. The zero-order valence-corrected chi connectivity index (χ0v) is 13.5. The number of pyridine rings is 1. The van der Waals surface area contributed by atoms with Crippen LogP contribution in [-0.4, -0.2) is 27.8 Å². The van der Waals surface area contributed by atoms with E-state index in [1.165, 1.54) is 17.9 Å². The Hall–Kier alpha value is -2.76. The predicted octanol–water partition coefficient (Wildman–Crippen LogP) is 3.68. The number of hydrogen-bond acceptors (Lipinski definition) is 4. The maximum Gasteiger partial charge on any atom is 0.359 e. The van der Waals surface area contributed by atoms with Gasteiger partial charge in [0.1, 0.15) is 5.82 Å². The minimum Gasteiger partial charge on any atom is -0.464 e. The van der Waals surface area contributed by atoms with Gasteiger partial charge in [-0.3, -0.25) is 0 Å². The monoisotopic (exact) mass is 315 g/mol. The minimum atomic E-state index is -0.684. The molecule has 2 heterocycles. The topological polar surface area (TPSA) is 57.0 Å². The van der Waals surface area contributed by atoms with Crippen molar-refractivity contribution in [3.8, 4) is 5.82 Å². The first-order chi connectivity index (χ1) is 11.1. The molecule has 23 heavy (non-hydrogen) atoms. The van der Waals surface area contributed by atoms with Gasteiger partial charge >= 0.3 is 5.97 Å². The number of nitrogens with zero attached hydrogens (tertiary/aromatic N) is 3. The third-order valence-electron chi connectivity index (χ3n) is 3.15. The number of esters is 1. The van der Waals surface area contributed by atoms with E-state index < -0.39 is 11.8 Å². The first-order valence-electron chi connectivity index (χ1n) is 7.30. The van der Waals surface area contributed by atoms with Gasteiger partial charge in [-0.15, -0.1) is 0 Å². The fourth-order valence-corrected chi connectivity index (χ4v) is 2.18. The standard InChI is InChI=1S/C15H12FN3O2.C2H6/c1-9-6-7-17-12(8-9)19-11-5-3-4-10(16)13(11)14(18-19)15(20)21-2;1-2/h3-8H,1-2H3;1-2H3. The molecule has 0 saturated carbocycles. The predicted molar refractivity (Wildman–Crippen MR) is 86.2 cm³/mol. The van der Waals surface area contributed by atoms with E-state index >= 15 is 0 Å². The Kier molecular flexibility index (Phi) is 5.05. The number of fused-ring (bicyclic) bond motifs is 1. The summed E-state index contributed by atoms with van der Waals surface area (Å²) in [6, 6.07) is 8.18. The largest absolute Gasteiger partial charge is 0.464 e. The first kappa shape index (κ1) is 16.6. The molecule has 3 aromatic rings. The molecule has 0 aliphatic carbocycles. The number of aromatic nitrogens is 3. The van der Waals surface area contributed by atoms with E-state index in [0.717, 1.165) is 5.56 Å². The summed E-state index contributed by atoms with van der Waals surface area (Å²) in [6.07, 6.45) is 1.63. The lowest BCUT2D eigenvalue weighted by atomic mass is 10.2. The lowest BCUT2D eigenvalue weighted by Gasteiger charge is -2.03. The van der Waals surface area contributed by atoms with Gasteiger partial charge in [0, 0.05) is 6.20 Å². The highest BCUT2D eigenvalue weighted by molar-refractivity contribution is 6.02. The molecule has 0 radical (unpaired) electrons. The molecule has 120 valence electrons. The van der Waals surface area contributed by atoms with Crippen LogP contribution >= 0.6 is 0 Å². The molecular formula is C17H18FN3O2. The van der Waals surface area contributed by atoms with Gasteiger partial charge in [0.05, 0.1) is 18.0 Å². The quantitative estimate of drug-likeness (QED) is 0.677. The second-order valence-corrected chi connectivity index (χ2v) is 4.58. The molecule has 0 atom stereocenters. The molecule has 0 aliphatic rings. The molecule has 0 fully saturated rings. The van der Waals surface area contributed by atoms with Crippen LogP contribution in [0, 0.1) is 12.7 Å². The maximum absolute atomic E-state index is 14.1. The number of methoxy groups -OCH3 is 1. The average Bonchev–Trinajstić information content (AvgIpc) is 2.97. The Morgan fingerprint density at radius 1 is 1.26 bits per heavy atom. The second-order valence-electron chi connectivity index (χ2n) is 4.58. The van der Waals surface area contributed by atoms with Crippen LogP contribution in [0.2, 0.25) is 0 Å². The van der Waals surface area contributed by atoms with E-state index in [9.17, 15) is 9.18 Å². The number of aryl methyl sites for hydroxylation is 1. The molecular weight excluding hydrogens is 297 g/mol. The van der Waals surface area contributed by atoms with Crippen molar-refractivity contribution in [3.05, 3.63) is 53.6 Å². The summed E-state index contributed by atoms with van der Waals surface area (Å²) in [5.74, 6) is -0.691. The first-order valence-corrected chi connectivity index (χ1v) is 7.30.